The minimum atomic E-state index is -4.35. The Kier molecular flexibility index (Phi) is 8.32. The Hall–Kier alpha value is -4.74. The highest BCUT2D eigenvalue weighted by molar-refractivity contribution is 5.95. The smallest absolute Gasteiger partial charge is 0.339 e. The molecule has 4 aromatic rings. The molecule has 1 unspecified atom stereocenters. The number of carbonyl (C=O) groups excluding carboxylic acids is 2. The van der Waals surface area contributed by atoms with Crippen molar-refractivity contribution in [2.45, 2.75) is 50.7 Å². The number of amides is 2. The summed E-state index contributed by atoms with van der Waals surface area (Å²) in [4.78, 5) is 38.0. The van der Waals surface area contributed by atoms with Gasteiger partial charge in [-0.1, -0.05) is 12.1 Å². The lowest BCUT2D eigenvalue weighted by Gasteiger charge is -2.36. The van der Waals surface area contributed by atoms with Crippen LogP contribution in [0.15, 0.2) is 73.2 Å². The van der Waals surface area contributed by atoms with Gasteiger partial charge < -0.3 is 15.1 Å². The summed E-state index contributed by atoms with van der Waals surface area (Å²) in [6.07, 6.45) is 4.67. The Bertz CT molecular complexity index is 1670. The lowest BCUT2D eigenvalue weighted by molar-refractivity contribution is -0.148. The number of benzene rings is 1. The van der Waals surface area contributed by atoms with Crippen LogP contribution >= 0.6 is 0 Å². The van der Waals surface area contributed by atoms with Crippen LogP contribution in [0.1, 0.15) is 66.1 Å². The first kappa shape index (κ1) is 29.3. The number of halogens is 3. The summed E-state index contributed by atoms with van der Waals surface area (Å²) in [7, 11) is 0. The number of alkyl halides is 3. The Labute approximate surface area is 252 Å². The van der Waals surface area contributed by atoms with E-state index in [0.29, 0.717) is 36.7 Å². The summed E-state index contributed by atoms with van der Waals surface area (Å²) in [6.45, 7) is 1.29. The van der Waals surface area contributed by atoms with E-state index in [1.807, 2.05) is 53.6 Å². The van der Waals surface area contributed by atoms with E-state index in [9.17, 15) is 22.8 Å². The molecule has 12 heteroatoms. The molecule has 44 heavy (non-hydrogen) atoms. The lowest BCUT2D eigenvalue weighted by atomic mass is 9.95. The third-order valence-electron chi connectivity index (χ3n) is 8.11. The summed E-state index contributed by atoms with van der Waals surface area (Å²) in [5.41, 5.74) is 4.81. The molecule has 1 saturated heterocycles. The number of fused-ring (bicyclic) bond motifs is 1. The molecule has 1 aromatic carbocycles. The van der Waals surface area contributed by atoms with Crippen LogP contribution in [0, 0.1) is 0 Å². The topological polar surface area (TPSA) is 95.7 Å². The Balaban J connectivity index is 1.13. The number of nitrogens with zero attached hydrogens (tertiary/aromatic N) is 6. The quantitative estimate of drug-likeness (QED) is 0.271. The van der Waals surface area contributed by atoms with Crippen molar-refractivity contribution in [1.82, 2.24) is 29.4 Å². The Morgan fingerprint density at radius 2 is 1.86 bits per heavy atom. The molecular weight excluding hydrogens is 571 g/mol. The van der Waals surface area contributed by atoms with E-state index in [-0.39, 0.29) is 18.5 Å². The molecule has 3 aromatic heterocycles. The van der Waals surface area contributed by atoms with Gasteiger partial charge >= 0.3 is 6.18 Å². The van der Waals surface area contributed by atoms with Gasteiger partial charge in [-0.2, -0.15) is 18.2 Å². The first-order valence-electron chi connectivity index (χ1n) is 14.7. The van der Waals surface area contributed by atoms with Crippen LogP contribution in [0.2, 0.25) is 0 Å². The molecular formula is C32H32F3N7O2. The number of piperidine rings is 1. The average Bonchev–Trinajstić information content (AvgIpc) is 3.46. The summed E-state index contributed by atoms with van der Waals surface area (Å²) < 4.78 is 39.2. The van der Waals surface area contributed by atoms with Gasteiger partial charge in [0.25, 0.3) is 5.91 Å². The summed E-state index contributed by atoms with van der Waals surface area (Å²) >= 11 is 0. The van der Waals surface area contributed by atoms with Crippen molar-refractivity contribution < 1.29 is 22.8 Å². The maximum atomic E-state index is 13.5. The molecule has 0 saturated carbocycles. The molecule has 6 rings (SSSR count). The summed E-state index contributed by atoms with van der Waals surface area (Å²) in [6, 6.07) is 15.0. The molecule has 0 radical (unpaired) electrons. The minimum absolute atomic E-state index is 0.0105. The minimum Gasteiger partial charge on any atom is -0.339 e. The van der Waals surface area contributed by atoms with E-state index in [2.05, 4.69) is 20.4 Å². The van der Waals surface area contributed by atoms with E-state index in [1.165, 1.54) is 4.90 Å². The van der Waals surface area contributed by atoms with Gasteiger partial charge in [0.05, 0.1) is 12.5 Å². The number of hydrogen-bond acceptors (Lipinski definition) is 6. The molecule has 1 atom stereocenters. The maximum Gasteiger partial charge on any atom is 0.389 e. The van der Waals surface area contributed by atoms with Crippen molar-refractivity contribution in [2.24, 2.45) is 0 Å². The number of likely N-dealkylation sites (tertiary alicyclic amines) is 1. The van der Waals surface area contributed by atoms with E-state index in [0.717, 1.165) is 41.6 Å². The van der Waals surface area contributed by atoms with Crippen molar-refractivity contribution in [3.8, 4) is 0 Å². The molecule has 1 fully saturated rings. The molecule has 9 nitrogen and oxygen atoms in total. The van der Waals surface area contributed by atoms with Gasteiger partial charge in [-0.05, 0) is 79.3 Å². The van der Waals surface area contributed by atoms with Crippen LogP contribution < -0.4 is 5.32 Å². The molecule has 2 aliphatic rings. The van der Waals surface area contributed by atoms with Crippen LogP contribution in [-0.4, -0.2) is 67.0 Å². The monoisotopic (exact) mass is 603 g/mol. The number of nitrogens with one attached hydrogen (secondary N) is 1. The zero-order valence-corrected chi connectivity index (χ0v) is 24.0. The molecule has 0 aliphatic carbocycles. The van der Waals surface area contributed by atoms with Crippen molar-refractivity contribution in [3.63, 3.8) is 0 Å². The van der Waals surface area contributed by atoms with Gasteiger partial charge in [0.1, 0.15) is 0 Å². The first-order valence-corrected chi connectivity index (χ1v) is 14.7. The second kappa shape index (κ2) is 12.5. The fourth-order valence-electron chi connectivity index (χ4n) is 5.84. The number of pyridine rings is 2. The van der Waals surface area contributed by atoms with Gasteiger partial charge in [-0.3, -0.25) is 14.6 Å². The molecule has 0 bridgehead atoms. The second-order valence-corrected chi connectivity index (χ2v) is 11.1. The highest BCUT2D eigenvalue weighted by atomic mass is 19.4. The van der Waals surface area contributed by atoms with Crippen molar-refractivity contribution in [1.29, 1.82) is 0 Å². The SMILES string of the molecule is O=C(CCC(F)(F)F)N1CC=C(c2cccn3nc(Nc4ccc(C(=O)N5CCCCC5c5cccnc5)cc4)nc23)CC1. The maximum absolute atomic E-state index is 13.5. The van der Waals surface area contributed by atoms with E-state index >= 15 is 0 Å². The standard InChI is InChI=1S/C32H32F3N7O2/c33-32(34,35)15-12-28(43)40-19-13-22(14-20-40)26-6-4-18-42-29(26)38-31(39-42)37-25-10-8-23(9-11-25)30(44)41-17-2-1-7-27(41)24-5-3-16-36-21-24/h3-6,8-11,13,16,18,21,27H,1-2,7,12,14-15,17,19-20H2,(H,37,39). The molecule has 1 N–H and O–H groups in total. The number of rotatable bonds is 7. The van der Waals surface area contributed by atoms with E-state index < -0.39 is 24.9 Å². The molecule has 2 aliphatic heterocycles. The normalized spacial score (nSPS) is 17.4. The fraction of sp³-hybridized carbons (Fsp3) is 0.344. The molecule has 2 amide bonds. The lowest BCUT2D eigenvalue weighted by Crippen LogP contribution is -2.38. The van der Waals surface area contributed by atoms with Gasteiger partial charge in [0.15, 0.2) is 5.65 Å². The van der Waals surface area contributed by atoms with Gasteiger partial charge in [-0.25, -0.2) is 4.52 Å². The number of carbonyl (C=O) groups is 2. The van der Waals surface area contributed by atoms with E-state index in [1.54, 1.807) is 29.0 Å². The van der Waals surface area contributed by atoms with E-state index in [4.69, 9.17) is 0 Å². The summed E-state index contributed by atoms with van der Waals surface area (Å²) in [5, 5.41) is 7.76. The van der Waals surface area contributed by atoms with Crippen LogP contribution in [-0.2, 0) is 4.79 Å². The van der Waals surface area contributed by atoms with Crippen LogP contribution in [0.5, 0.6) is 0 Å². The predicted molar refractivity (Wildman–Crippen MR) is 159 cm³/mol. The average molecular weight is 604 g/mol. The highest BCUT2D eigenvalue weighted by Crippen LogP contribution is 2.32. The number of hydrogen-bond donors (Lipinski definition) is 1. The number of anilines is 2. The Morgan fingerprint density at radius 3 is 2.59 bits per heavy atom. The number of aromatic nitrogens is 4. The fourth-order valence-corrected chi connectivity index (χ4v) is 5.84. The van der Waals surface area contributed by atoms with Crippen LogP contribution in [0.3, 0.4) is 0 Å². The van der Waals surface area contributed by atoms with Gasteiger partial charge in [-0.15, -0.1) is 5.10 Å². The molecule has 0 spiro atoms. The first-order chi connectivity index (χ1) is 21.2. The second-order valence-electron chi connectivity index (χ2n) is 11.1. The van der Waals surface area contributed by atoms with Gasteiger partial charge in [0, 0.05) is 61.5 Å². The van der Waals surface area contributed by atoms with Crippen LogP contribution in [0.25, 0.3) is 11.2 Å². The van der Waals surface area contributed by atoms with Gasteiger partial charge in [0.2, 0.25) is 11.9 Å². The largest absolute Gasteiger partial charge is 0.389 e. The third-order valence-corrected chi connectivity index (χ3v) is 8.11. The zero-order valence-electron chi connectivity index (χ0n) is 24.0. The predicted octanol–water partition coefficient (Wildman–Crippen LogP) is 6.19. The van der Waals surface area contributed by atoms with Crippen molar-refractivity contribution in [3.05, 3.63) is 89.9 Å². The van der Waals surface area contributed by atoms with Crippen molar-refractivity contribution >= 4 is 34.7 Å². The molecule has 228 valence electrons. The Morgan fingerprint density at radius 1 is 1.02 bits per heavy atom. The zero-order chi connectivity index (χ0) is 30.7. The van der Waals surface area contributed by atoms with Crippen LogP contribution in [0.4, 0.5) is 24.8 Å². The highest BCUT2D eigenvalue weighted by Gasteiger charge is 2.30. The molecule has 5 heterocycles. The van der Waals surface area contributed by atoms with Crippen molar-refractivity contribution in [2.75, 3.05) is 25.0 Å². The third kappa shape index (κ3) is 6.58. The summed E-state index contributed by atoms with van der Waals surface area (Å²) in [5.74, 6) is -0.131.